The molecule has 0 fully saturated rings. The number of phenols is 1. The van der Waals surface area contributed by atoms with E-state index in [-0.39, 0.29) is 5.75 Å². The first kappa shape index (κ1) is 26.3. The minimum Gasteiger partial charge on any atom is -0.507 e. The molecular formula is C26H45NO3. The third-order valence-corrected chi connectivity index (χ3v) is 5.68. The van der Waals surface area contributed by atoms with Gasteiger partial charge < -0.3 is 15.1 Å². The van der Waals surface area contributed by atoms with Gasteiger partial charge in [0.2, 0.25) is 0 Å². The number of rotatable bonds is 18. The maximum Gasteiger partial charge on any atom is 0.128 e. The highest BCUT2D eigenvalue weighted by Crippen LogP contribution is 2.31. The molecule has 0 saturated carbocycles. The van der Waals surface area contributed by atoms with Crippen LogP contribution in [-0.4, -0.2) is 22.6 Å². The number of hydrogen-bond acceptors (Lipinski definition) is 4. The van der Waals surface area contributed by atoms with Crippen LogP contribution >= 0.6 is 0 Å². The molecule has 0 radical (unpaired) electrons. The van der Waals surface area contributed by atoms with Crippen LogP contribution in [0.3, 0.4) is 0 Å². The van der Waals surface area contributed by atoms with Crippen molar-refractivity contribution in [3.63, 3.8) is 0 Å². The quantitative estimate of drug-likeness (QED) is 0.110. The van der Waals surface area contributed by atoms with E-state index in [0.717, 1.165) is 49.8 Å². The second-order valence-electron chi connectivity index (χ2n) is 8.41. The highest BCUT2D eigenvalue weighted by Gasteiger charge is 2.15. The molecule has 30 heavy (non-hydrogen) atoms. The number of oxime groups is 1. The summed E-state index contributed by atoms with van der Waals surface area (Å²) in [5.74, 6) is 0.920. The summed E-state index contributed by atoms with van der Waals surface area (Å²) in [7, 11) is 0. The number of phenolic OH excluding ortho intramolecular Hbond substituents is 1. The van der Waals surface area contributed by atoms with Gasteiger partial charge in [0.05, 0.1) is 12.3 Å². The van der Waals surface area contributed by atoms with Crippen molar-refractivity contribution in [1.29, 1.82) is 0 Å². The first-order chi connectivity index (χ1) is 14.7. The molecule has 2 N–H and O–H groups in total. The van der Waals surface area contributed by atoms with Gasteiger partial charge in [-0.1, -0.05) is 90.1 Å². The van der Waals surface area contributed by atoms with Gasteiger partial charge in [0.15, 0.2) is 0 Å². The molecule has 0 aliphatic carbocycles. The molecular weight excluding hydrogens is 374 g/mol. The molecule has 0 aromatic heterocycles. The Morgan fingerprint density at radius 3 is 2.03 bits per heavy atom. The highest BCUT2D eigenvalue weighted by molar-refractivity contribution is 6.02. The Morgan fingerprint density at radius 2 is 1.40 bits per heavy atom. The van der Waals surface area contributed by atoms with Crippen LogP contribution in [0.4, 0.5) is 0 Å². The number of hydrogen-bond donors (Lipinski definition) is 2. The van der Waals surface area contributed by atoms with Crippen molar-refractivity contribution in [2.45, 2.75) is 117 Å². The zero-order valence-electron chi connectivity index (χ0n) is 19.7. The summed E-state index contributed by atoms with van der Waals surface area (Å²) in [5.41, 5.74) is 2.34. The van der Waals surface area contributed by atoms with E-state index in [1.165, 1.54) is 51.4 Å². The van der Waals surface area contributed by atoms with Crippen LogP contribution < -0.4 is 4.74 Å². The summed E-state index contributed by atoms with van der Waals surface area (Å²) >= 11 is 0. The van der Waals surface area contributed by atoms with E-state index in [4.69, 9.17) is 4.74 Å². The van der Waals surface area contributed by atoms with Gasteiger partial charge >= 0.3 is 0 Å². The molecule has 0 bridgehead atoms. The van der Waals surface area contributed by atoms with Gasteiger partial charge in [0.25, 0.3) is 0 Å². The first-order valence-corrected chi connectivity index (χ1v) is 12.4. The number of nitrogens with zero attached hydrogens (tertiary/aromatic N) is 1. The van der Waals surface area contributed by atoms with Crippen molar-refractivity contribution in [2.24, 2.45) is 5.16 Å². The summed E-state index contributed by atoms with van der Waals surface area (Å²) < 4.78 is 5.97. The van der Waals surface area contributed by atoms with Crippen LogP contribution in [0.1, 0.15) is 122 Å². The van der Waals surface area contributed by atoms with Gasteiger partial charge in [0.1, 0.15) is 11.5 Å². The third kappa shape index (κ3) is 10.4. The van der Waals surface area contributed by atoms with Crippen molar-refractivity contribution in [3.8, 4) is 11.5 Å². The molecule has 0 heterocycles. The number of unbranched alkanes of at least 4 members (excludes halogenated alkanes) is 10. The van der Waals surface area contributed by atoms with Gasteiger partial charge in [-0.2, -0.15) is 0 Å². The van der Waals surface area contributed by atoms with E-state index in [0.29, 0.717) is 24.3 Å². The molecule has 0 atom stereocenters. The Balaban J connectivity index is 2.78. The average Bonchev–Trinajstić information content (AvgIpc) is 2.75. The Kier molecular flexibility index (Phi) is 14.9. The molecule has 0 saturated heterocycles. The molecule has 0 unspecified atom stereocenters. The standard InChI is InChI=1S/C26H45NO3/c1-4-7-10-12-13-14-16-18-24(27-29)23-20-22(17-15-11-8-5-2)26(21-25(23)28)30-19-9-6-3/h20-21,28-29H,4-19H2,1-3H3/b27-24-. The molecule has 1 rings (SSSR count). The molecule has 4 heteroatoms. The van der Waals surface area contributed by atoms with Crippen molar-refractivity contribution in [2.75, 3.05) is 6.61 Å². The molecule has 0 amide bonds. The fraction of sp³-hybridized carbons (Fsp3) is 0.731. The topological polar surface area (TPSA) is 62.1 Å². The lowest BCUT2D eigenvalue weighted by atomic mass is 9.97. The zero-order chi connectivity index (χ0) is 22.0. The van der Waals surface area contributed by atoms with E-state index >= 15 is 0 Å². The smallest absolute Gasteiger partial charge is 0.128 e. The first-order valence-electron chi connectivity index (χ1n) is 12.4. The maximum absolute atomic E-state index is 10.6. The van der Waals surface area contributed by atoms with E-state index in [1.54, 1.807) is 6.07 Å². The number of aryl methyl sites for hydroxylation is 1. The Labute approximate surface area is 184 Å². The lowest BCUT2D eigenvalue weighted by molar-refractivity contribution is 0.304. The van der Waals surface area contributed by atoms with Crippen molar-refractivity contribution in [1.82, 2.24) is 0 Å². The minimum atomic E-state index is 0.148. The summed E-state index contributed by atoms with van der Waals surface area (Å²) in [6.45, 7) is 7.25. The fourth-order valence-electron chi connectivity index (χ4n) is 3.73. The SMILES string of the molecule is CCCCCCCCC/C(=N/O)c1cc(CCCCCC)c(OCCCC)cc1O. The molecule has 1 aromatic carbocycles. The van der Waals surface area contributed by atoms with Crippen molar-refractivity contribution in [3.05, 3.63) is 23.3 Å². The molecule has 0 aliphatic rings. The van der Waals surface area contributed by atoms with Crippen LogP contribution in [0.15, 0.2) is 17.3 Å². The largest absolute Gasteiger partial charge is 0.507 e. The van der Waals surface area contributed by atoms with E-state index in [2.05, 4.69) is 25.9 Å². The van der Waals surface area contributed by atoms with Crippen LogP contribution in [0.5, 0.6) is 11.5 Å². The summed E-state index contributed by atoms with van der Waals surface area (Å²) in [6, 6.07) is 3.70. The number of aromatic hydroxyl groups is 1. The van der Waals surface area contributed by atoms with Gasteiger partial charge in [-0.15, -0.1) is 0 Å². The second kappa shape index (κ2) is 17.0. The van der Waals surface area contributed by atoms with Gasteiger partial charge in [0, 0.05) is 11.6 Å². The molecule has 172 valence electrons. The Hall–Kier alpha value is -1.71. The van der Waals surface area contributed by atoms with Crippen LogP contribution in [0.25, 0.3) is 0 Å². The van der Waals surface area contributed by atoms with Crippen molar-refractivity contribution >= 4 is 5.71 Å². The van der Waals surface area contributed by atoms with Gasteiger partial charge in [-0.25, -0.2) is 0 Å². The number of ether oxygens (including phenoxy) is 1. The second-order valence-corrected chi connectivity index (χ2v) is 8.41. The van der Waals surface area contributed by atoms with Crippen LogP contribution in [0.2, 0.25) is 0 Å². The Bertz CT molecular complexity index is 598. The Morgan fingerprint density at radius 1 is 0.800 bits per heavy atom. The average molecular weight is 420 g/mol. The van der Waals surface area contributed by atoms with Crippen LogP contribution in [0, 0.1) is 0 Å². The molecule has 0 aliphatic heterocycles. The van der Waals surface area contributed by atoms with E-state index < -0.39 is 0 Å². The monoisotopic (exact) mass is 419 g/mol. The normalized spacial score (nSPS) is 11.8. The van der Waals surface area contributed by atoms with E-state index in [1.807, 2.05) is 6.07 Å². The lowest BCUT2D eigenvalue weighted by Crippen LogP contribution is -2.06. The predicted octanol–water partition coefficient (Wildman–Crippen LogP) is 8.01. The summed E-state index contributed by atoms with van der Waals surface area (Å²) in [4.78, 5) is 0. The molecule has 4 nitrogen and oxygen atoms in total. The fourth-order valence-corrected chi connectivity index (χ4v) is 3.73. The van der Waals surface area contributed by atoms with Gasteiger partial charge in [-0.3, -0.25) is 0 Å². The number of benzene rings is 1. The zero-order valence-corrected chi connectivity index (χ0v) is 19.7. The van der Waals surface area contributed by atoms with Crippen molar-refractivity contribution < 1.29 is 15.1 Å². The molecule has 1 aromatic rings. The summed E-state index contributed by atoms with van der Waals surface area (Å²) in [5, 5.41) is 23.8. The highest BCUT2D eigenvalue weighted by atomic mass is 16.5. The van der Waals surface area contributed by atoms with E-state index in [9.17, 15) is 10.3 Å². The minimum absolute atomic E-state index is 0.148. The maximum atomic E-state index is 10.6. The predicted molar refractivity (Wildman–Crippen MR) is 127 cm³/mol. The lowest BCUT2D eigenvalue weighted by Gasteiger charge is -2.15. The third-order valence-electron chi connectivity index (χ3n) is 5.68. The van der Waals surface area contributed by atoms with Gasteiger partial charge in [-0.05, 0) is 43.7 Å². The van der Waals surface area contributed by atoms with Crippen LogP contribution in [-0.2, 0) is 6.42 Å². The molecule has 0 spiro atoms. The summed E-state index contributed by atoms with van der Waals surface area (Å²) in [6.07, 6.45) is 16.9.